The highest BCUT2D eigenvalue weighted by molar-refractivity contribution is 6.30. The van der Waals surface area contributed by atoms with E-state index in [0.717, 1.165) is 19.3 Å². The first-order chi connectivity index (χ1) is 11.1. The number of nitrogens with zero attached hydrogens (tertiary/aromatic N) is 2. The number of ether oxygens (including phenoxy) is 1. The van der Waals surface area contributed by atoms with Gasteiger partial charge in [-0.25, -0.2) is 4.98 Å². The molecule has 1 aliphatic carbocycles. The van der Waals surface area contributed by atoms with Gasteiger partial charge in [-0.05, 0) is 49.9 Å². The molecule has 1 aliphatic rings. The lowest BCUT2D eigenvalue weighted by Crippen LogP contribution is -2.30. The number of nitrogen functional groups attached to an aromatic ring is 1. The van der Waals surface area contributed by atoms with Crippen molar-refractivity contribution in [3.05, 3.63) is 35.5 Å². The second-order valence-electron chi connectivity index (χ2n) is 5.66. The molecule has 2 atom stereocenters. The molecule has 0 aliphatic heterocycles. The van der Waals surface area contributed by atoms with E-state index in [1.54, 1.807) is 30.5 Å². The molecule has 23 heavy (non-hydrogen) atoms. The first-order valence-corrected chi connectivity index (χ1v) is 7.98. The predicted molar refractivity (Wildman–Crippen MR) is 89.9 cm³/mol. The predicted octanol–water partition coefficient (Wildman–Crippen LogP) is 3.22. The normalized spacial score (nSPS) is 21.0. The summed E-state index contributed by atoms with van der Waals surface area (Å²) in [5.41, 5.74) is 5.69. The third-order valence-electron chi connectivity index (χ3n) is 3.80. The number of hydrogen-bond donors (Lipinski definition) is 3. The molecule has 4 N–H and O–H groups in total. The second-order valence-corrected chi connectivity index (χ2v) is 6.10. The smallest absolute Gasteiger partial charge is 0.222 e. The molecule has 3 rings (SSSR count). The van der Waals surface area contributed by atoms with Crippen LogP contribution >= 0.6 is 11.6 Å². The number of rotatable bonds is 4. The van der Waals surface area contributed by atoms with E-state index in [0.29, 0.717) is 28.8 Å². The Morgan fingerprint density at radius 2 is 2.04 bits per heavy atom. The minimum absolute atomic E-state index is 0.139. The molecular weight excluding hydrogens is 316 g/mol. The van der Waals surface area contributed by atoms with Crippen molar-refractivity contribution in [1.29, 1.82) is 0 Å². The standard InChI is InChI=1S/C16H19ClN4O2/c17-10-4-6-13(7-5-10)23-14-9-19-16(18)21-15(14)20-11-2-1-3-12(22)8-11/h4-7,9,11-12,22H,1-3,8H2,(H3,18,19,20,21)/t11-,12+/m1/s1. The van der Waals surface area contributed by atoms with Gasteiger partial charge >= 0.3 is 0 Å². The molecule has 6 nitrogen and oxygen atoms in total. The summed E-state index contributed by atoms with van der Waals surface area (Å²) in [6, 6.07) is 7.18. The number of anilines is 2. The average molecular weight is 335 g/mol. The average Bonchev–Trinajstić information content (AvgIpc) is 2.52. The SMILES string of the molecule is Nc1ncc(Oc2ccc(Cl)cc2)c(N[C@@H]2CCC[C@H](O)C2)n1. The minimum atomic E-state index is -0.277. The quantitative estimate of drug-likeness (QED) is 0.795. The van der Waals surface area contributed by atoms with Crippen molar-refractivity contribution in [2.45, 2.75) is 37.8 Å². The van der Waals surface area contributed by atoms with Crippen molar-refractivity contribution in [1.82, 2.24) is 9.97 Å². The molecule has 2 aromatic rings. The van der Waals surface area contributed by atoms with Crippen molar-refractivity contribution in [3.8, 4) is 11.5 Å². The van der Waals surface area contributed by atoms with E-state index in [1.165, 1.54) is 0 Å². The number of nitrogens with two attached hydrogens (primary N) is 1. The molecule has 0 spiro atoms. The van der Waals surface area contributed by atoms with Crippen molar-refractivity contribution in [3.63, 3.8) is 0 Å². The maximum Gasteiger partial charge on any atom is 0.222 e. The summed E-state index contributed by atoms with van der Waals surface area (Å²) in [4.78, 5) is 8.22. The number of aliphatic hydroxyl groups excluding tert-OH is 1. The van der Waals surface area contributed by atoms with Crippen LogP contribution in [0.5, 0.6) is 11.5 Å². The van der Waals surface area contributed by atoms with Crippen molar-refractivity contribution in [2.75, 3.05) is 11.1 Å². The molecule has 0 unspecified atom stereocenters. The summed E-state index contributed by atoms with van der Waals surface area (Å²) >= 11 is 5.88. The first kappa shape index (κ1) is 15.8. The van der Waals surface area contributed by atoms with E-state index in [1.807, 2.05) is 0 Å². The van der Waals surface area contributed by atoms with Gasteiger partial charge in [-0.2, -0.15) is 4.98 Å². The van der Waals surface area contributed by atoms with E-state index < -0.39 is 0 Å². The van der Waals surface area contributed by atoms with Crippen LogP contribution in [0.25, 0.3) is 0 Å². The highest BCUT2D eigenvalue weighted by Gasteiger charge is 2.22. The van der Waals surface area contributed by atoms with Gasteiger partial charge in [-0.3, -0.25) is 0 Å². The van der Waals surface area contributed by atoms with E-state index in [4.69, 9.17) is 22.1 Å². The topological polar surface area (TPSA) is 93.3 Å². The van der Waals surface area contributed by atoms with Crippen molar-refractivity contribution >= 4 is 23.4 Å². The Labute approximate surface area is 139 Å². The Morgan fingerprint density at radius 3 is 2.78 bits per heavy atom. The van der Waals surface area contributed by atoms with Gasteiger partial charge < -0.3 is 20.9 Å². The lowest BCUT2D eigenvalue weighted by molar-refractivity contribution is 0.124. The Kier molecular flexibility index (Phi) is 4.83. The van der Waals surface area contributed by atoms with E-state index in [2.05, 4.69) is 15.3 Å². The third kappa shape index (κ3) is 4.24. The molecule has 1 saturated carbocycles. The third-order valence-corrected chi connectivity index (χ3v) is 4.05. The zero-order chi connectivity index (χ0) is 16.2. The van der Waals surface area contributed by atoms with Crippen LogP contribution in [0.2, 0.25) is 5.02 Å². The van der Waals surface area contributed by atoms with Crippen molar-refractivity contribution in [2.24, 2.45) is 0 Å². The fourth-order valence-electron chi connectivity index (χ4n) is 2.68. The Bertz CT molecular complexity index is 666. The van der Waals surface area contributed by atoms with Gasteiger partial charge in [0.15, 0.2) is 11.6 Å². The monoisotopic (exact) mass is 334 g/mol. The number of nitrogens with one attached hydrogen (secondary N) is 1. The summed E-state index contributed by atoms with van der Waals surface area (Å²) < 4.78 is 5.82. The summed E-state index contributed by atoms with van der Waals surface area (Å²) in [6.07, 6.45) is 4.75. The second kappa shape index (κ2) is 7.02. The Morgan fingerprint density at radius 1 is 1.26 bits per heavy atom. The summed E-state index contributed by atoms with van der Waals surface area (Å²) in [7, 11) is 0. The van der Waals surface area contributed by atoms with Crippen LogP contribution in [0.4, 0.5) is 11.8 Å². The Balaban J connectivity index is 1.78. The molecule has 7 heteroatoms. The molecule has 1 fully saturated rings. The van der Waals surface area contributed by atoms with Crippen LogP contribution in [0.1, 0.15) is 25.7 Å². The number of benzene rings is 1. The maximum atomic E-state index is 9.80. The molecule has 0 radical (unpaired) electrons. The van der Waals surface area contributed by atoms with Crippen LogP contribution in [0.3, 0.4) is 0 Å². The van der Waals surface area contributed by atoms with E-state index >= 15 is 0 Å². The van der Waals surface area contributed by atoms with E-state index in [-0.39, 0.29) is 18.1 Å². The molecular formula is C16H19ClN4O2. The molecule has 0 bridgehead atoms. The van der Waals surface area contributed by atoms with Gasteiger partial charge in [0.25, 0.3) is 0 Å². The molecule has 1 aromatic heterocycles. The van der Waals surface area contributed by atoms with Gasteiger partial charge in [-0.1, -0.05) is 11.6 Å². The molecule has 122 valence electrons. The molecule has 1 heterocycles. The van der Waals surface area contributed by atoms with Crippen LogP contribution in [0.15, 0.2) is 30.5 Å². The van der Waals surface area contributed by atoms with Gasteiger partial charge in [0, 0.05) is 11.1 Å². The summed E-state index contributed by atoms with van der Waals surface area (Å²) in [5.74, 6) is 1.83. The summed E-state index contributed by atoms with van der Waals surface area (Å²) in [6.45, 7) is 0. The van der Waals surface area contributed by atoms with E-state index in [9.17, 15) is 5.11 Å². The zero-order valence-electron chi connectivity index (χ0n) is 12.6. The first-order valence-electron chi connectivity index (χ1n) is 7.60. The van der Waals surface area contributed by atoms with Crippen LogP contribution in [0, 0.1) is 0 Å². The minimum Gasteiger partial charge on any atom is -0.452 e. The lowest BCUT2D eigenvalue weighted by atomic mass is 9.93. The molecule has 1 aromatic carbocycles. The number of hydrogen-bond acceptors (Lipinski definition) is 6. The fourth-order valence-corrected chi connectivity index (χ4v) is 2.81. The van der Waals surface area contributed by atoms with Gasteiger partial charge in [0.05, 0.1) is 12.3 Å². The Hall–Kier alpha value is -2.05. The maximum absolute atomic E-state index is 9.80. The molecule has 0 amide bonds. The van der Waals surface area contributed by atoms with Crippen LogP contribution in [-0.2, 0) is 0 Å². The van der Waals surface area contributed by atoms with Gasteiger partial charge in [0.2, 0.25) is 5.95 Å². The molecule has 0 saturated heterocycles. The largest absolute Gasteiger partial charge is 0.452 e. The summed E-state index contributed by atoms with van der Waals surface area (Å²) in [5, 5.41) is 13.8. The number of halogens is 1. The fraction of sp³-hybridized carbons (Fsp3) is 0.375. The number of aliphatic hydroxyl groups is 1. The van der Waals surface area contributed by atoms with Gasteiger partial charge in [-0.15, -0.1) is 0 Å². The number of aromatic nitrogens is 2. The zero-order valence-corrected chi connectivity index (χ0v) is 13.3. The van der Waals surface area contributed by atoms with Gasteiger partial charge in [0.1, 0.15) is 5.75 Å². The highest BCUT2D eigenvalue weighted by atomic mass is 35.5. The highest BCUT2D eigenvalue weighted by Crippen LogP contribution is 2.31. The lowest BCUT2D eigenvalue weighted by Gasteiger charge is -2.27. The van der Waals surface area contributed by atoms with Crippen LogP contribution < -0.4 is 15.8 Å². The van der Waals surface area contributed by atoms with Crippen molar-refractivity contribution < 1.29 is 9.84 Å². The van der Waals surface area contributed by atoms with Crippen LogP contribution in [-0.4, -0.2) is 27.2 Å².